The lowest BCUT2D eigenvalue weighted by Crippen LogP contribution is -2.07. The maximum absolute atomic E-state index is 6.07. The normalized spacial score (nSPS) is 10.8. The van der Waals surface area contributed by atoms with Gasteiger partial charge in [0.05, 0.1) is 0 Å². The first kappa shape index (κ1) is 13.1. The maximum Gasteiger partial charge on any atom is 0.0373 e. The summed E-state index contributed by atoms with van der Waals surface area (Å²) < 4.78 is 0. The molecule has 0 heterocycles. The molecule has 8 N–H and O–H groups in total. The lowest BCUT2D eigenvalue weighted by molar-refractivity contribution is 0.782. The second kappa shape index (κ2) is 5.10. The monoisotopic (exact) mass is 256 g/mol. The van der Waals surface area contributed by atoms with Crippen LogP contribution in [0.3, 0.4) is 0 Å². The van der Waals surface area contributed by atoms with E-state index < -0.39 is 0 Å². The van der Waals surface area contributed by atoms with Gasteiger partial charge in [-0.05, 0) is 41.8 Å². The Bertz CT molecular complexity index is 541. The third kappa shape index (κ3) is 2.57. The van der Waals surface area contributed by atoms with Crippen LogP contribution in [0, 0.1) is 0 Å². The van der Waals surface area contributed by atoms with Crippen molar-refractivity contribution < 1.29 is 0 Å². The Balaban J connectivity index is 2.50. The highest BCUT2D eigenvalue weighted by molar-refractivity contribution is 5.64. The van der Waals surface area contributed by atoms with Crippen LogP contribution in [0.4, 0.5) is 22.7 Å². The van der Waals surface area contributed by atoms with Crippen molar-refractivity contribution in [3.8, 4) is 0 Å². The zero-order valence-electron chi connectivity index (χ0n) is 11.1. The standard InChI is InChI=1S/C15H20N4/c1-2-11(12-5-3-9(16)7-14(12)18)13-6-4-10(17)8-15(13)19/h3-8,11H,2,16-19H2,1H3. The summed E-state index contributed by atoms with van der Waals surface area (Å²) in [7, 11) is 0. The van der Waals surface area contributed by atoms with E-state index >= 15 is 0 Å². The molecule has 0 fully saturated rings. The van der Waals surface area contributed by atoms with Gasteiger partial charge < -0.3 is 22.9 Å². The number of anilines is 4. The zero-order valence-corrected chi connectivity index (χ0v) is 11.1. The molecule has 0 aliphatic heterocycles. The Morgan fingerprint density at radius 1 is 0.789 bits per heavy atom. The van der Waals surface area contributed by atoms with Gasteiger partial charge in [0.2, 0.25) is 0 Å². The predicted molar refractivity (Wildman–Crippen MR) is 82.7 cm³/mol. The zero-order chi connectivity index (χ0) is 14.0. The SMILES string of the molecule is CCC(c1ccc(N)cc1N)c1ccc(N)cc1N. The second-order valence-corrected chi connectivity index (χ2v) is 4.74. The fourth-order valence-electron chi connectivity index (χ4n) is 2.43. The van der Waals surface area contributed by atoms with E-state index in [1.165, 1.54) is 0 Å². The van der Waals surface area contributed by atoms with Crippen LogP contribution in [-0.4, -0.2) is 0 Å². The lowest BCUT2D eigenvalue weighted by Gasteiger charge is -2.20. The third-order valence-corrected chi connectivity index (χ3v) is 3.38. The van der Waals surface area contributed by atoms with Gasteiger partial charge in [-0.3, -0.25) is 0 Å². The highest BCUT2D eigenvalue weighted by Gasteiger charge is 2.17. The summed E-state index contributed by atoms with van der Waals surface area (Å²) in [6.45, 7) is 2.11. The molecule has 0 saturated heterocycles. The minimum absolute atomic E-state index is 0.154. The summed E-state index contributed by atoms with van der Waals surface area (Å²) in [5.41, 5.74) is 28.4. The van der Waals surface area contributed by atoms with E-state index in [4.69, 9.17) is 22.9 Å². The van der Waals surface area contributed by atoms with E-state index in [1.807, 2.05) is 24.3 Å². The van der Waals surface area contributed by atoms with Crippen molar-refractivity contribution in [1.29, 1.82) is 0 Å². The minimum atomic E-state index is 0.154. The van der Waals surface area contributed by atoms with E-state index in [-0.39, 0.29) is 5.92 Å². The molecule has 0 aliphatic carbocycles. The Labute approximate surface area is 113 Å². The van der Waals surface area contributed by atoms with Gasteiger partial charge in [0.1, 0.15) is 0 Å². The van der Waals surface area contributed by atoms with Crippen LogP contribution in [0.1, 0.15) is 30.4 Å². The molecule has 4 heteroatoms. The number of hydrogen-bond donors (Lipinski definition) is 4. The van der Waals surface area contributed by atoms with Gasteiger partial charge >= 0.3 is 0 Å². The Kier molecular flexibility index (Phi) is 3.51. The van der Waals surface area contributed by atoms with Crippen molar-refractivity contribution in [1.82, 2.24) is 0 Å². The first-order chi connectivity index (χ1) is 9.02. The maximum atomic E-state index is 6.07. The van der Waals surface area contributed by atoms with Crippen LogP contribution in [-0.2, 0) is 0 Å². The van der Waals surface area contributed by atoms with Crippen LogP contribution in [0.5, 0.6) is 0 Å². The van der Waals surface area contributed by atoms with Gasteiger partial charge in [0, 0.05) is 28.7 Å². The highest BCUT2D eigenvalue weighted by atomic mass is 14.6. The third-order valence-electron chi connectivity index (χ3n) is 3.38. The summed E-state index contributed by atoms with van der Waals surface area (Å²) in [4.78, 5) is 0. The Hall–Kier alpha value is -2.36. The molecular weight excluding hydrogens is 236 g/mol. The molecule has 0 spiro atoms. The number of rotatable bonds is 3. The molecule has 4 nitrogen and oxygen atoms in total. The first-order valence-electron chi connectivity index (χ1n) is 6.32. The number of nitrogens with two attached hydrogens (primary N) is 4. The van der Waals surface area contributed by atoms with Crippen LogP contribution in [0.25, 0.3) is 0 Å². The molecular formula is C15H20N4. The van der Waals surface area contributed by atoms with Gasteiger partial charge in [-0.2, -0.15) is 0 Å². The van der Waals surface area contributed by atoms with Gasteiger partial charge in [-0.25, -0.2) is 0 Å². The topological polar surface area (TPSA) is 104 Å². The fourth-order valence-corrected chi connectivity index (χ4v) is 2.43. The number of hydrogen-bond acceptors (Lipinski definition) is 4. The Morgan fingerprint density at radius 2 is 1.21 bits per heavy atom. The molecule has 0 aliphatic rings. The summed E-state index contributed by atoms with van der Waals surface area (Å²) in [5.74, 6) is 0.154. The van der Waals surface area contributed by atoms with Crippen LogP contribution < -0.4 is 22.9 Å². The molecule has 2 rings (SSSR count). The quantitative estimate of drug-likeness (QED) is 0.633. The van der Waals surface area contributed by atoms with Gasteiger partial charge in [0.25, 0.3) is 0 Å². The molecule has 0 radical (unpaired) electrons. The molecule has 19 heavy (non-hydrogen) atoms. The van der Waals surface area contributed by atoms with E-state index in [1.54, 1.807) is 12.1 Å². The van der Waals surface area contributed by atoms with Crippen LogP contribution in [0.2, 0.25) is 0 Å². The van der Waals surface area contributed by atoms with Crippen molar-refractivity contribution in [2.45, 2.75) is 19.3 Å². The summed E-state index contributed by atoms with van der Waals surface area (Å²) in [6, 6.07) is 11.2. The smallest absolute Gasteiger partial charge is 0.0373 e. The fraction of sp³-hybridized carbons (Fsp3) is 0.200. The summed E-state index contributed by atoms with van der Waals surface area (Å²) in [5, 5.41) is 0. The van der Waals surface area contributed by atoms with E-state index in [9.17, 15) is 0 Å². The molecule has 0 aromatic heterocycles. The molecule has 0 bridgehead atoms. The number of nitrogen functional groups attached to an aromatic ring is 4. The van der Waals surface area contributed by atoms with E-state index in [0.717, 1.165) is 17.5 Å². The summed E-state index contributed by atoms with van der Waals surface area (Å²) in [6.07, 6.45) is 0.905. The van der Waals surface area contributed by atoms with E-state index in [2.05, 4.69) is 6.92 Å². The second-order valence-electron chi connectivity index (χ2n) is 4.74. The molecule has 0 saturated carbocycles. The van der Waals surface area contributed by atoms with Crippen molar-refractivity contribution in [2.24, 2.45) is 0 Å². The first-order valence-corrected chi connectivity index (χ1v) is 6.32. The van der Waals surface area contributed by atoms with Gasteiger partial charge in [-0.1, -0.05) is 19.1 Å². The van der Waals surface area contributed by atoms with Gasteiger partial charge in [0.15, 0.2) is 0 Å². The van der Waals surface area contributed by atoms with Gasteiger partial charge in [-0.15, -0.1) is 0 Å². The molecule has 2 aromatic carbocycles. The van der Waals surface area contributed by atoms with E-state index in [0.29, 0.717) is 22.7 Å². The van der Waals surface area contributed by atoms with Crippen molar-refractivity contribution in [3.05, 3.63) is 47.5 Å². The van der Waals surface area contributed by atoms with Crippen LogP contribution >= 0.6 is 0 Å². The van der Waals surface area contributed by atoms with Crippen molar-refractivity contribution in [2.75, 3.05) is 22.9 Å². The minimum Gasteiger partial charge on any atom is -0.399 e. The molecule has 100 valence electrons. The Morgan fingerprint density at radius 3 is 1.53 bits per heavy atom. The lowest BCUT2D eigenvalue weighted by atomic mass is 9.87. The predicted octanol–water partition coefficient (Wildman–Crippen LogP) is 2.56. The molecule has 0 amide bonds. The largest absolute Gasteiger partial charge is 0.399 e. The molecule has 0 atom stereocenters. The van der Waals surface area contributed by atoms with Crippen molar-refractivity contribution >= 4 is 22.7 Å². The molecule has 0 unspecified atom stereocenters. The summed E-state index contributed by atoms with van der Waals surface area (Å²) >= 11 is 0. The highest BCUT2D eigenvalue weighted by Crippen LogP contribution is 2.36. The van der Waals surface area contributed by atoms with Crippen molar-refractivity contribution in [3.63, 3.8) is 0 Å². The number of benzene rings is 2. The van der Waals surface area contributed by atoms with Crippen LogP contribution in [0.15, 0.2) is 36.4 Å². The molecule has 2 aromatic rings. The average molecular weight is 256 g/mol. The average Bonchev–Trinajstić information content (AvgIpc) is 2.34.